The van der Waals surface area contributed by atoms with Crippen LogP contribution in [0.5, 0.6) is 5.75 Å². The highest BCUT2D eigenvalue weighted by atomic mass is 16.6. The van der Waals surface area contributed by atoms with E-state index in [0.29, 0.717) is 23.7 Å². The van der Waals surface area contributed by atoms with E-state index < -0.39 is 17.2 Å². The highest BCUT2D eigenvalue weighted by Gasteiger charge is 2.31. The number of ether oxygens (including phenoxy) is 2. The third-order valence-electron chi connectivity index (χ3n) is 4.94. The summed E-state index contributed by atoms with van der Waals surface area (Å²) in [7, 11) is 0. The molecule has 174 valence electrons. The Morgan fingerprint density at radius 1 is 1.21 bits per heavy atom. The molecule has 0 aliphatic heterocycles. The van der Waals surface area contributed by atoms with E-state index in [0.717, 1.165) is 22.3 Å². The van der Waals surface area contributed by atoms with Crippen molar-refractivity contribution >= 4 is 17.1 Å². The van der Waals surface area contributed by atoms with Crippen LogP contribution in [-0.2, 0) is 4.74 Å². The fraction of sp³-hybridized carbons (Fsp3) is 0.440. The van der Waals surface area contributed by atoms with Crippen LogP contribution in [-0.4, -0.2) is 38.8 Å². The third-order valence-corrected chi connectivity index (χ3v) is 4.94. The fourth-order valence-corrected chi connectivity index (χ4v) is 3.83. The van der Waals surface area contributed by atoms with Crippen molar-refractivity contribution in [2.24, 2.45) is 5.92 Å². The predicted octanol–water partition coefficient (Wildman–Crippen LogP) is 5.20. The van der Waals surface area contributed by atoms with Crippen LogP contribution in [0.4, 0.5) is 4.79 Å². The number of rotatable bonds is 7. The van der Waals surface area contributed by atoms with Gasteiger partial charge in [0.25, 0.3) is 0 Å². The van der Waals surface area contributed by atoms with Gasteiger partial charge in [0.05, 0.1) is 16.8 Å². The Bertz CT molecular complexity index is 1170. The number of aromatic nitrogens is 3. The number of amides is 1. The van der Waals surface area contributed by atoms with E-state index in [-0.39, 0.29) is 6.61 Å². The standard InChI is InChI=1S/C25H31N5O3/c1-16(2)12-25(6,30-23(31)33-24(3,4)5)14-32-20-8-7-17(11-18(20)13-26)21-19-9-10-27-22(19)29-15-28-21/h7-11,15-16H,12,14H2,1-6H3,(H,30,31)(H,27,28,29)/t25-/m0/s1. The molecule has 0 saturated carbocycles. The Morgan fingerprint density at radius 2 is 1.97 bits per heavy atom. The molecule has 0 spiro atoms. The number of hydrogen-bond donors (Lipinski definition) is 2. The van der Waals surface area contributed by atoms with Gasteiger partial charge in [-0.1, -0.05) is 13.8 Å². The summed E-state index contributed by atoms with van der Waals surface area (Å²) in [6.07, 6.45) is 3.48. The Balaban J connectivity index is 1.81. The van der Waals surface area contributed by atoms with Gasteiger partial charge in [-0.2, -0.15) is 5.26 Å². The number of alkyl carbamates (subject to hydrolysis) is 1. The van der Waals surface area contributed by atoms with E-state index in [1.165, 1.54) is 6.33 Å². The summed E-state index contributed by atoms with van der Waals surface area (Å²) in [5, 5.41) is 13.6. The molecule has 0 unspecified atom stereocenters. The van der Waals surface area contributed by atoms with Crippen LogP contribution in [0.2, 0.25) is 0 Å². The average molecular weight is 450 g/mol. The van der Waals surface area contributed by atoms with Gasteiger partial charge in [-0.15, -0.1) is 0 Å². The molecule has 0 radical (unpaired) electrons. The van der Waals surface area contributed by atoms with Crippen molar-refractivity contribution in [2.45, 2.75) is 59.1 Å². The Hall–Kier alpha value is -3.60. The molecule has 0 aliphatic carbocycles. The van der Waals surface area contributed by atoms with Crippen LogP contribution in [0, 0.1) is 17.2 Å². The second-order valence-corrected chi connectivity index (χ2v) is 9.86. The van der Waals surface area contributed by atoms with Crippen LogP contribution >= 0.6 is 0 Å². The van der Waals surface area contributed by atoms with Gasteiger partial charge < -0.3 is 19.8 Å². The summed E-state index contributed by atoms with van der Waals surface area (Å²) in [5.74, 6) is 0.759. The maximum Gasteiger partial charge on any atom is 0.408 e. The first-order valence-corrected chi connectivity index (χ1v) is 11.0. The lowest BCUT2D eigenvalue weighted by atomic mass is 9.91. The number of carbonyl (C=O) groups excluding carboxylic acids is 1. The molecule has 2 heterocycles. The molecule has 0 aliphatic rings. The summed E-state index contributed by atoms with van der Waals surface area (Å²) in [5.41, 5.74) is 1.38. The topological polar surface area (TPSA) is 113 Å². The number of aromatic amines is 1. The van der Waals surface area contributed by atoms with E-state index in [4.69, 9.17) is 9.47 Å². The molecule has 1 aromatic carbocycles. The van der Waals surface area contributed by atoms with Gasteiger partial charge >= 0.3 is 6.09 Å². The molecule has 2 N–H and O–H groups in total. The van der Waals surface area contributed by atoms with Gasteiger partial charge in [-0.25, -0.2) is 14.8 Å². The monoisotopic (exact) mass is 449 g/mol. The van der Waals surface area contributed by atoms with E-state index in [1.807, 2.05) is 39.8 Å². The maximum atomic E-state index is 12.4. The first kappa shape index (κ1) is 24.1. The van der Waals surface area contributed by atoms with Gasteiger partial charge in [0.1, 0.15) is 36.0 Å². The summed E-state index contributed by atoms with van der Waals surface area (Å²) < 4.78 is 11.5. The van der Waals surface area contributed by atoms with Crippen molar-refractivity contribution in [1.82, 2.24) is 20.3 Å². The molecule has 3 rings (SSSR count). The van der Waals surface area contributed by atoms with Crippen molar-refractivity contribution in [3.63, 3.8) is 0 Å². The van der Waals surface area contributed by atoms with Crippen molar-refractivity contribution in [2.75, 3.05) is 6.61 Å². The van der Waals surface area contributed by atoms with Crippen LogP contribution in [0.15, 0.2) is 36.8 Å². The van der Waals surface area contributed by atoms with Gasteiger partial charge in [0.15, 0.2) is 0 Å². The number of benzene rings is 1. The number of nitrogens with zero attached hydrogens (tertiary/aromatic N) is 3. The van der Waals surface area contributed by atoms with E-state index in [2.05, 4.69) is 40.2 Å². The highest BCUT2D eigenvalue weighted by Crippen LogP contribution is 2.30. The highest BCUT2D eigenvalue weighted by molar-refractivity contribution is 5.90. The Morgan fingerprint density at radius 3 is 2.64 bits per heavy atom. The van der Waals surface area contributed by atoms with Crippen LogP contribution in [0.25, 0.3) is 22.3 Å². The van der Waals surface area contributed by atoms with Crippen LogP contribution < -0.4 is 10.1 Å². The first-order valence-electron chi connectivity index (χ1n) is 11.0. The van der Waals surface area contributed by atoms with Gasteiger partial charge in [0, 0.05) is 17.1 Å². The minimum Gasteiger partial charge on any atom is -0.490 e. The van der Waals surface area contributed by atoms with Crippen molar-refractivity contribution in [1.29, 1.82) is 5.26 Å². The summed E-state index contributed by atoms with van der Waals surface area (Å²) in [6, 6.07) is 9.50. The molecular formula is C25H31N5O3. The summed E-state index contributed by atoms with van der Waals surface area (Å²) >= 11 is 0. The van der Waals surface area contributed by atoms with Crippen molar-refractivity contribution < 1.29 is 14.3 Å². The van der Waals surface area contributed by atoms with E-state index in [9.17, 15) is 10.1 Å². The normalized spacial score (nSPS) is 13.4. The Labute approximate surface area is 194 Å². The quantitative estimate of drug-likeness (QED) is 0.512. The van der Waals surface area contributed by atoms with Crippen LogP contribution in [0.3, 0.4) is 0 Å². The number of nitrogens with one attached hydrogen (secondary N) is 2. The predicted molar refractivity (Wildman–Crippen MR) is 127 cm³/mol. The summed E-state index contributed by atoms with van der Waals surface area (Å²) in [6.45, 7) is 11.7. The number of carbonyl (C=O) groups is 1. The van der Waals surface area contributed by atoms with Crippen LogP contribution in [0.1, 0.15) is 53.5 Å². The van der Waals surface area contributed by atoms with Gasteiger partial charge in [-0.3, -0.25) is 0 Å². The number of fused-ring (bicyclic) bond motifs is 1. The molecule has 1 atom stereocenters. The zero-order valence-electron chi connectivity index (χ0n) is 20.0. The molecule has 1 amide bonds. The average Bonchev–Trinajstić information content (AvgIpc) is 3.19. The zero-order valence-corrected chi connectivity index (χ0v) is 20.0. The van der Waals surface area contributed by atoms with Crippen molar-refractivity contribution in [3.8, 4) is 23.1 Å². The SMILES string of the molecule is CC(C)C[C@@](C)(COc1ccc(-c2ncnc3[nH]ccc23)cc1C#N)NC(=O)OC(C)(C)C. The smallest absolute Gasteiger partial charge is 0.408 e. The lowest BCUT2D eigenvalue weighted by molar-refractivity contribution is 0.0408. The lowest BCUT2D eigenvalue weighted by Crippen LogP contribution is -2.52. The second-order valence-electron chi connectivity index (χ2n) is 9.86. The summed E-state index contributed by atoms with van der Waals surface area (Å²) in [4.78, 5) is 24.1. The molecule has 0 fully saturated rings. The largest absolute Gasteiger partial charge is 0.490 e. The molecular weight excluding hydrogens is 418 g/mol. The molecule has 8 nitrogen and oxygen atoms in total. The minimum absolute atomic E-state index is 0.189. The minimum atomic E-state index is -0.675. The maximum absolute atomic E-state index is 12.4. The zero-order chi connectivity index (χ0) is 24.2. The number of hydrogen-bond acceptors (Lipinski definition) is 6. The molecule has 3 aromatic rings. The molecule has 0 bridgehead atoms. The van der Waals surface area contributed by atoms with Gasteiger partial charge in [-0.05, 0) is 64.3 Å². The Kier molecular flexibility index (Phi) is 6.92. The first-order chi connectivity index (χ1) is 15.5. The lowest BCUT2D eigenvalue weighted by Gasteiger charge is -2.33. The van der Waals surface area contributed by atoms with Crippen molar-refractivity contribution in [3.05, 3.63) is 42.4 Å². The number of nitriles is 1. The third kappa shape index (κ3) is 6.22. The van der Waals surface area contributed by atoms with E-state index in [1.54, 1.807) is 18.3 Å². The van der Waals surface area contributed by atoms with Gasteiger partial charge in [0.2, 0.25) is 0 Å². The molecule has 0 saturated heterocycles. The van der Waals surface area contributed by atoms with E-state index >= 15 is 0 Å². The molecule has 8 heteroatoms. The fourth-order valence-electron chi connectivity index (χ4n) is 3.83. The second kappa shape index (κ2) is 9.49. The number of H-pyrrole nitrogens is 1. The molecule has 33 heavy (non-hydrogen) atoms. The molecule has 2 aromatic heterocycles.